The van der Waals surface area contributed by atoms with E-state index in [9.17, 15) is 0 Å². The third-order valence-electron chi connectivity index (χ3n) is 4.98. The van der Waals surface area contributed by atoms with Gasteiger partial charge >= 0.3 is 0 Å². The van der Waals surface area contributed by atoms with Gasteiger partial charge in [0.15, 0.2) is 0 Å². The van der Waals surface area contributed by atoms with Crippen LogP contribution in [0.15, 0.2) is 12.4 Å². The van der Waals surface area contributed by atoms with Gasteiger partial charge in [-0.2, -0.15) is 0 Å². The third-order valence-corrected chi connectivity index (χ3v) is 4.98. The summed E-state index contributed by atoms with van der Waals surface area (Å²) >= 11 is 0. The molecule has 3 rings (SSSR count). The lowest BCUT2D eigenvalue weighted by Crippen LogP contribution is -2.29. The Labute approximate surface area is 122 Å². The summed E-state index contributed by atoms with van der Waals surface area (Å²) in [7, 11) is 0. The Bertz CT molecular complexity index is 420. The second-order valence-electron chi connectivity index (χ2n) is 6.72. The van der Waals surface area contributed by atoms with Gasteiger partial charge in [-0.05, 0) is 45.6 Å². The van der Waals surface area contributed by atoms with Crippen molar-refractivity contribution in [2.75, 3.05) is 25.0 Å². The van der Waals surface area contributed by atoms with Gasteiger partial charge in [0.25, 0.3) is 0 Å². The first-order chi connectivity index (χ1) is 9.74. The fraction of sp³-hybridized carbons (Fsp3) is 0.812. The predicted octanol–water partition coefficient (Wildman–Crippen LogP) is 3.14. The molecule has 0 radical (unpaired) electrons. The molecule has 0 spiro atoms. The van der Waals surface area contributed by atoms with Crippen LogP contribution in [0.2, 0.25) is 0 Å². The minimum Gasteiger partial charge on any atom is -0.355 e. The molecule has 0 amide bonds. The molecule has 0 aromatic carbocycles. The highest BCUT2D eigenvalue weighted by Gasteiger charge is 2.25. The fourth-order valence-electron chi connectivity index (χ4n) is 3.66. The molecular weight excluding hydrogens is 248 g/mol. The first kappa shape index (κ1) is 13.9. The Hall–Kier alpha value is -1.03. The summed E-state index contributed by atoms with van der Waals surface area (Å²) in [5, 5.41) is 3.60. The molecule has 20 heavy (non-hydrogen) atoms. The van der Waals surface area contributed by atoms with E-state index < -0.39 is 0 Å². The Morgan fingerprint density at radius 2 is 2.10 bits per heavy atom. The minimum absolute atomic E-state index is 0.677. The molecule has 0 bridgehead atoms. The van der Waals surface area contributed by atoms with Crippen LogP contribution < -0.4 is 5.32 Å². The summed E-state index contributed by atoms with van der Waals surface area (Å²) in [5.41, 5.74) is 0. The Morgan fingerprint density at radius 1 is 1.30 bits per heavy atom. The average molecular weight is 276 g/mol. The summed E-state index contributed by atoms with van der Waals surface area (Å²) in [6, 6.07) is 1.36. The van der Waals surface area contributed by atoms with Gasteiger partial charge in [-0.25, -0.2) is 4.98 Å². The number of hydrogen-bond acceptors (Lipinski definition) is 3. The number of anilines is 1. The SMILES string of the molecule is CC(C)N1CCC(CNc2nccn2C2CCCC2)C1. The highest BCUT2D eigenvalue weighted by Crippen LogP contribution is 2.31. The van der Waals surface area contributed by atoms with Crippen molar-refractivity contribution in [2.24, 2.45) is 5.92 Å². The normalized spacial score (nSPS) is 24.9. The molecule has 1 unspecified atom stereocenters. The standard InChI is InChI=1S/C16H28N4/c1-13(2)19-9-7-14(12-19)11-18-16-17-8-10-20(16)15-5-3-4-6-15/h8,10,13-15H,3-7,9,11-12H2,1-2H3,(H,17,18). The molecular formula is C16H28N4. The quantitative estimate of drug-likeness (QED) is 0.897. The molecule has 1 aromatic heterocycles. The van der Waals surface area contributed by atoms with Crippen LogP contribution >= 0.6 is 0 Å². The molecule has 1 aliphatic carbocycles. The van der Waals surface area contributed by atoms with Crippen LogP contribution in [0.3, 0.4) is 0 Å². The number of aromatic nitrogens is 2. The van der Waals surface area contributed by atoms with E-state index >= 15 is 0 Å². The molecule has 1 saturated heterocycles. The average Bonchev–Trinajstić information content (AvgIpc) is 3.17. The molecule has 1 aliphatic heterocycles. The van der Waals surface area contributed by atoms with Crippen LogP contribution in [0.5, 0.6) is 0 Å². The number of rotatable bonds is 5. The number of hydrogen-bond donors (Lipinski definition) is 1. The zero-order valence-corrected chi connectivity index (χ0v) is 12.9. The van der Waals surface area contributed by atoms with E-state index in [4.69, 9.17) is 0 Å². The van der Waals surface area contributed by atoms with E-state index in [2.05, 4.69) is 39.8 Å². The number of nitrogens with one attached hydrogen (secondary N) is 1. The molecule has 4 nitrogen and oxygen atoms in total. The predicted molar refractivity (Wildman–Crippen MR) is 83.0 cm³/mol. The lowest BCUT2D eigenvalue weighted by Gasteiger charge is -2.21. The molecule has 2 fully saturated rings. The van der Waals surface area contributed by atoms with Crippen molar-refractivity contribution in [3.05, 3.63) is 12.4 Å². The zero-order valence-electron chi connectivity index (χ0n) is 12.9. The van der Waals surface area contributed by atoms with Crippen LogP contribution in [-0.2, 0) is 0 Å². The highest BCUT2D eigenvalue weighted by atomic mass is 15.2. The van der Waals surface area contributed by atoms with Gasteiger partial charge < -0.3 is 14.8 Å². The van der Waals surface area contributed by atoms with E-state index in [1.807, 2.05) is 6.20 Å². The van der Waals surface area contributed by atoms with Gasteiger partial charge in [-0.15, -0.1) is 0 Å². The second kappa shape index (κ2) is 6.17. The van der Waals surface area contributed by atoms with Crippen LogP contribution in [0.25, 0.3) is 0 Å². The van der Waals surface area contributed by atoms with Gasteiger partial charge in [0.2, 0.25) is 5.95 Å². The maximum absolute atomic E-state index is 4.51. The summed E-state index contributed by atoms with van der Waals surface area (Å²) < 4.78 is 2.36. The van der Waals surface area contributed by atoms with Crippen LogP contribution in [0, 0.1) is 5.92 Å². The van der Waals surface area contributed by atoms with Crippen LogP contribution in [0.4, 0.5) is 5.95 Å². The van der Waals surface area contributed by atoms with Crippen molar-refractivity contribution in [3.63, 3.8) is 0 Å². The molecule has 1 atom stereocenters. The molecule has 112 valence electrons. The lowest BCUT2D eigenvalue weighted by molar-refractivity contribution is 0.266. The summed E-state index contributed by atoms with van der Waals surface area (Å²) in [6.07, 6.45) is 10.8. The Balaban J connectivity index is 1.53. The van der Waals surface area contributed by atoms with Crippen molar-refractivity contribution in [1.29, 1.82) is 0 Å². The smallest absolute Gasteiger partial charge is 0.203 e. The third kappa shape index (κ3) is 3.00. The summed E-state index contributed by atoms with van der Waals surface area (Å²) in [6.45, 7) is 8.13. The molecule has 1 saturated carbocycles. The fourth-order valence-corrected chi connectivity index (χ4v) is 3.66. The van der Waals surface area contributed by atoms with Crippen molar-refractivity contribution in [1.82, 2.24) is 14.5 Å². The first-order valence-electron chi connectivity index (χ1n) is 8.25. The molecule has 1 N–H and O–H groups in total. The number of nitrogens with zero attached hydrogens (tertiary/aromatic N) is 3. The maximum atomic E-state index is 4.51. The Kier molecular flexibility index (Phi) is 4.29. The van der Waals surface area contributed by atoms with E-state index in [-0.39, 0.29) is 0 Å². The van der Waals surface area contributed by atoms with Crippen molar-refractivity contribution in [3.8, 4) is 0 Å². The monoisotopic (exact) mass is 276 g/mol. The molecule has 1 aromatic rings. The Morgan fingerprint density at radius 3 is 2.80 bits per heavy atom. The van der Waals surface area contributed by atoms with Gasteiger partial charge in [0.1, 0.15) is 0 Å². The second-order valence-corrected chi connectivity index (χ2v) is 6.72. The van der Waals surface area contributed by atoms with Crippen molar-refractivity contribution in [2.45, 2.75) is 58.0 Å². The van der Waals surface area contributed by atoms with E-state index in [1.165, 1.54) is 45.2 Å². The van der Waals surface area contributed by atoms with E-state index in [0.29, 0.717) is 12.1 Å². The van der Waals surface area contributed by atoms with Crippen molar-refractivity contribution >= 4 is 5.95 Å². The van der Waals surface area contributed by atoms with Crippen LogP contribution in [0.1, 0.15) is 52.0 Å². The van der Waals surface area contributed by atoms with Crippen molar-refractivity contribution < 1.29 is 0 Å². The summed E-state index contributed by atoms with van der Waals surface area (Å²) in [5.74, 6) is 1.85. The van der Waals surface area contributed by atoms with Gasteiger partial charge in [0.05, 0.1) is 0 Å². The van der Waals surface area contributed by atoms with Crippen LogP contribution in [-0.4, -0.2) is 40.1 Å². The highest BCUT2D eigenvalue weighted by molar-refractivity contribution is 5.27. The largest absolute Gasteiger partial charge is 0.355 e. The van der Waals surface area contributed by atoms with Gasteiger partial charge in [-0.3, -0.25) is 0 Å². The molecule has 2 heterocycles. The maximum Gasteiger partial charge on any atom is 0.203 e. The molecule has 2 aliphatic rings. The number of likely N-dealkylation sites (tertiary alicyclic amines) is 1. The lowest BCUT2D eigenvalue weighted by atomic mass is 10.1. The topological polar surface area (TPSA) is 33.1 Å². The zero-order chi connectivity index (χ0) is 13.9. The first-order valence-corrected chi connectivity index (χ1v) is 8.25. The van der Waals surface area contributed by atoms with Gasteiger partial charge in [-0.1, -0.05) is 12.8 Å². The number of imidazole rings is 1. The summed E-state index contributed by atoms with van der Waals surface area (Å²) in [4.78, 5) is 7.09. The molecule has 4 heteroatoms. The van der Waals surface area contributed by atoms with E-state index in [0.717, 1.165) is 18.4 Å². The van der Waals surface area contributed by atoms with E-state index in [1.54, 1.807) is 0 Å². The minimum atomic E-state index is 0.677. The van der Waals surface area contributed by atoms with Gasteiger partial charge in [0, 0.05) is 37.6 Å².